The van der Waals surface area contributed by atoms with E-state index in [1.54, 1.807) is 35.2 Å². The maximum Gasteiger partial charge on any atom is 0.289 e. The molecular weight excluding hydrogens is 418 g/mol. The van der Waals surface area contributed by atoms with Gasteiger partial charge in [-0.3, -0.25) is 9.59 Å². The highest BCUT2D eigenvalue weighted by Gasteiger charge is 2.22. The largest absolute Gasteiger partial charge is 0.496 e. The molecule has 0 aliphatic rings. The van der Waals surface area contributed by atoms with Crippen LogP contribution in [-0.4, -0.2) is 44.5 Å². The van der Waals surface area contributed by atoms with Gasteiger partial charge in [-0.05, 0) is 53.9 Å². The average molecular weight is 450 g/mol. The zero-order valence-electron chi connectivity index (χ0n) is 19.8. The third-order valence-corrected chi connectivity index (χ3v) is 5.14. The Hall–Kier alpha value is -3.74. The van der Waals surface area contributed by atoms with E-state index >= 15 is 0 Å². The van der Waals surface area contributed by atoms with Crippen molar-refractivity contribution < 1.29 is 18.7 Å². The van der Waals surface area contributed by atoms with Crippen LogP contribution in [0.5, 0.6) is 5.75 Å². The summed E-state index contributed by atoms with van der Waals surface area (Å²) in [5.41, 5.74) is 2.97. The molecule has 3 aromatic rings. The molecule has 7 nitrogen and oxygen atoms in total. The Morgan fingerprint density at radius 1 is 1.06 bits per heavy atom. The Morgan fingerprint density at radius 3 is 2.45 bits per heavy atom. The van der Waals surface area contributed by atoms with E-state index in [2.05, 4.69) is 19.2 Å². The number of benzene rings is 2. The Balaban J connectivity index is 1.90. The molecule has 3 rings (SSSR count). The minimum absolute atomic E-state index is 0.165. The first-order chi connectivity index (χ1) is 15.8. The molecule has 0 saturated carbocycles. The van der Waals surface area contributed by atoms with Crippen molar-refractivity contribution >= 4 is 23.2 Å². The van der Waals surface area contributed by atoms with E-state index < -0.39 is 0 Å². The van der Waals surface area contributed by atoms with Crippen LogP contribution in [0.3, 0.4) is 0 Å². The normalized spacial score (nSPS) is 10.7. The summed E-state index contributed by atoms with van der Waals surface area (Å²) < 4.78 is 10.7. The van der Waals surface area contributed by atoms with Crippen molar-refractivity contribution in [1.82, 2.24) is 4.90 Å². The molecule has 0 unspecified atom stereocenters. The summed E-state index contributed by atoms with van der Waals surface area (Å²) in [4.78, 5) is 29.7. The molecule has 7 heteroatoms. The zero-order chi connectivity index (χ0) is 24.0. The Bertz CT molecular complexity index is 1090. The minimum Gasteiger partial charge on any atom is -0.496 e. The quantitative estimate of drug-likeness (QED) is 0.503. The number of nitrogens with zero attached hydrogens (tertiary/aromatic N) is 2. The van der Waals surface area contributed by atoms with Gasteiger partial charge in [0, 0.05) is 38.6 Å². The second-order valence-corrected chi connectivity index (χ2v) is 8.45. The number of furan rings is 1. The molecule has 0 saturated heterocycles. The summed E-state index contributed by atoms with van der Waals surface area (Å²) in [6, 6.07) is 16.2. The predicted molar refractivity (Wildman–Crippen MR) is 130 cm³/mol. The fraction of sp³-hybridized carbons (Fsp3) is 0.308. The van der Waals surface area contributed by atoms with Crippen molar-refractivity contribution in [2.24, 2.45) is 5.92 Å². The standard InChI is InChI=1S/C26H31N3O4/c1-18(2)16-29(26(31)24-11-8-14-33-24)17-19-15-20(12-13-22(19)28(3)4)27-25(30)21-9-6-7-10-23(21)32-5/h6-15,18H,16-17H2,1-5H3,(H,27,30). The molecule has 1 N–H and O–H groups in total. The van der Waals surface area contributed by atoms with Gasteiger partial charge in [-0.1, -0.05) is 26.0 Å². The number of methoxy groups -OCH3 is 1. The second-order valence-electron chi connectivity index (χ2n) is 8.45. The first-order valence-corrected chi connectivity index (χ1v) is 10.9. The van der Waals surface area contributed by atoms with Crippen LogP contribution in [0, 0.1) is 5.92 Å². The predicted octanol–water partition coefficient (Wildman–Crippen LogP) is 4.90. The fourth-order valence-electron chi connectivity index (χ4n) is 3.68. The lowest BCUT2D eigenvalue weighted by molar-refractivity contribution is 0.0690. The van der Waals surface area contributed by atoms with Crippen LogP contribution in [0.15, 0.2) is 65.3 Å². The number of anilines is 2. The third-order valence-electron chi connectivity index (χ3n) is 5.14. The molecule has 0 atom stereocenters. The molecule has 33 heavy (non-hydrogen) atoms. The van der Waals surface area contributed by atoms with E-state index in [-0.39, 0.29) is 17.7 Å². The number of hydrogen-bond acceptors (Lipinski definition) is 5. The fourth-order valence-corrected chi connectivity index (χ4v) is 3.68. The molecule has 1 heterocycles. The number of rotatable bonds is 9. The molecular formula is C26H31N3O4. The van der Waals surface area contributed by atoms with E-state index in [0.29, 0.717) is 35.9 Å². The lowest BCUT2D eigenvalue weighted by Crippen LogP contribution is -2.34. The Kier molecular flexibility index (Phi) is 7.77. The van der Waals surface area contributed by atoms with E-state index in [9.17, 15) is 9.59 Å². The molecule has 0 fully saturated rings. The Labute approximate surface area is 194 Å². The third kappa shape index (κ3) is 5.94. The number of hydrogen-bond donors (Lipinski definition) is 1. The summed E-state index contributed by atoms with van der Waals surface area (Å²) in [5.74, 6) is 0.665. The van der Waals surface area contributed by atoms with Gasteiger partial charge in [0.25, 0.3) is 11.8 Å². The van der Waals surface area contributed by atoms with Crippen molar-refractivity contribution in [2.75, 3.05) is 38.0 Å². The van der Waals surface area contributed by atoms with Gasteiger partial charge >= 0.3 is 0 Å². The second kappa shape index (κ2) is 10.7. The number of nitrogens with one attached hydrogen (secondary N) is 1. The van der Waals surface area contributed by atoms with Gasteiger partial charge in [-0.25, -0.2) is 0 Å². The summed E-state index contributed by atoms with van der Waals surface area (Å²) in [6.07, 6.45) is 1.50. The lowest BCUT2D eigenvalue weighted by atomic mass is 10.1. The first kappa shape index (κ1) is 23.9. The topological polar surface area (TPSA) is 75.0 Å². The number of para-hydroxylation sites is 1. The highest BCUT2D eigenvalue weighted by Crippen LogP contribution is 2.27. The van der Waals surface area contributed by atoms with Crippen molar-refractivity contribution in [3.8, 4) is 5.75 Å². The lowest BCUT2D eigenvalue weighted by Gasteiger charge is -2.27. The SMILES string of the molecule is COc1ccccc1C(=O)Nc1ccc(N(C)C)c(CN(CC(C)C)C(=O)c2ccco2)c1. The van der Waals surface area contributed by atoms with Crippen molar-refractivity contribution in [1.29, 1.82) is 0 Å². The number of amides is 2. The van der Waals surface area contributed by atoms with Gasteiger partial charge in [0.05, 0.1) is 18.9 Å². The number of ether oxygens (including phenoxy) is 1. The van der Waals surface area contributed by atoms with Crippen LogP contribution in [0.4, 0.5) is 11.4 Å². The molecule has 0 spiro atoms. The van der Waals surface area contributed by atoms with E-state index in [0.717, 1.165) is 11.3 Å². The molecule has 2 aromatic carbocycles. The zero-order valence-corrected chi connectivity index (χ0v) is 19.8. The van der Waals surface area contributed by atoms with E-state index in [1.807, 2.05) is 43.3 Å². The van der Waals surface area contributed by atoms with Crippen LogP contribution in [0.2, 0.25) is 0 Å². The Morgan fingerprint density at radius 2 is 1.82 bits per heavy atom. The first-order valence-electron chi connectivity index (χ1n) is 10.9. The number of carbonyl (C=O) groups excluding carboxylic acids is 2. The van der Waals surface area contributed by atoms with Crippen LogP contribution in [-0.2, 0) is 6.54 Å². The molecule has 0 bridgehead atoms. The molecule has 0 aliphatic heterocycles. The molecule has 0 radical (unpaired) electrons. The molecule has 174 valence electrons. The molecule has 0 aliphatic carbocycles. The van der Waals surface area contributed by atoms with E-state index in [4.69, 9.17) is 9.15 Å². The minimum atomic E-state index is -0.262. The van der Waals surface area contributed by atoms with Gasteiger partial charge in [-0.15, -0.1) is 0 Å². The van der Waals surface area contributed by atoms with Crippen molar-refractivity contribution in [2.45, 2.75) is 20.4 Å². The number of carbonyl (C=O) groups is 2. The highest BCUT2D eigenvalue weighted by atomic mass is 16.5. The maximum absolute atomic E-state index is 13.1. The van der Waals surface area contributed by atoms with Gasteiger partial charge in [0.1, 0.15) is 5.75 Å². The molecule has 2 amide bonds. The smallest absolute Gasteiger partial charge is 0.289 e. The summed E-state index contributed by atoms with van der Waals surface area (Å²) in [5, 5.41) is 2.95. The van der Waals surface area contributed by atoms with Crippen LogP contribution >= 0.6 is 0 Å². The molecule has 1 aromatic heterocycles. The van der Waals surface area contributed by atoms with Crippen LogP contribution in [0.1, 0.15) is 40.3 Å². The van der Waals surface area contributed by atoms with Crippen molar-refractivity contribution in [3.05, 3.63) is 77.7 Å². The highest BCUT2D eigenvalue weighted by molar-refractivity contribution is 6.06. The van der Waals surface area contributed by atoms with Gasteiger partial charge < -0.3 is 24.3 Å². The van der Waals surface area contributed by atoms with Gasteiger partial charge in [-0.2, -0.15) is 0 Å². The van der Waals surface area contributed by atoms with Crippen LogP contribution < -0.4 is 15.0 Å². The summed E-state index contributed by atoms with van der Waals surface area (Å²) in [6.45, 7) is 5.09. The monoisotopic (exact) mass is 449 g/mol. The average Bonchev–Trinajstić information content (AvgIpc) is 3.32. The maximum atomic E-state index is 13.1. The van der Waals surface area contributed by atoms with Gasteiger partial charge in [0.15, 0.2) is 5.76 Å². The van der Waals surface area contributed by atoms with Crippen LogP contribution in [0.25, 0.3) is 0 Å². The summed E-state index contributed by atoms with van der Waals surface area (Å²) >= 11 is 0. The van der Waals surface area contributed by atoms with Crippen molar-refractivity contribution in [3.63, 3.8) is 0 Å². The summed E-state index contributed by atoms with van der Waals surface area (Å²) in [7, 11) is 5.44. The van der Waals surface area contributed by atoms with E-state index in [1.165, 1.54) is 13.4 Å². The van der Waals surface area contributed by atoms with Gasteiger partial charge in [0.2, 0.25) is 0 Å².